The minimum Gasteiger partial charge on any atom is -1.00 e. The van der Waals surface area contributed by atoms with E-state index in [2.05, 4.69) is 28.9 Å². The van der Waals surface area contributed by atoms with Gasteiger partial charge in [0.1, 0.15) is 12.4 Å². The summed E-state index contributed by atoms with van der Waals surface area (Å²) in [4.78, 5) is 2.47. The standard InChI is InChI=1S/C17H26N2O2.ClH/c1-2-11-21-17-6-3-5-16(14-17)15-18-7-4-8-19-9-12-20-13-10-19;/h2-3,5-6,14,18H,1,4,7-13,15H2;1H/p-1. The second kappa shape index (κ2) is 11.5. The van der Waals surface area contributed by atoms with Gasteiger partial charge in [-0.3, -0.25) is 4.90 Å². The number of hydrogen-bond acceptors (Lipinski definition) is 4. The first-order chi connectivity index (χ1) is 10.4. The Labute approximate surface area is 139 Å². The number of nitrogens with one attached hydrogen (secondary N) is 1. The molecule has 4 nitrogen and oxygen atoms in total. The summed E-state index contributed by atoms with van der Waals surface area (Å²) in [6.45, 7) is 11.2. The molecule has 0 aromatic heterocycles. The number of benzene rings is 1. The molecular formula is C17H26ClN2O2-. The van der Waals surface area contributed by atoms with Crippen molar-refractivity contribution >= 4 is 0 Å². The summed E-state index contributed by atoms with van der Waals surface area (Å²) in [6, 6.07) is 8.21. The summed E-state index contributed by atoms with van der Waals surface area (Å²) in [5.74, 6) is 0.905. The predicted octanol–water partition coefficient (Wildman–Crippen LogP) is -0.933. The summed E-state index contributed by atoms with van der Waals surface area (Å²) in [5.41, 5.74) is 1.25. The van der Waals surface area contributed by atoms with Crippen LogP contribution in [0.5, 0.6) is 5.75 Å². The second-order valence-corrected chi connectivity index (χ2v) is 5.23. The monoisotopic (exact) mass is 325 g/mol. The van der Waals surface area contributed by atoms with E-state index < -0.39 is 0 Å². The van der Waals surface area contributed by atoms with Crippen molar-refractivity contribution in [2.75, 3.05) is 46.0 Å². The molecule has 124 valence electrons. The average Bonchev–Trinajstić information content (AvgIpc) is 2.54. The molecule has 1 N–H and O–H groups in total. The van der Waals surface area contributed by atoms with Crippen molar-refractivity contribution in [3.05, 3.63) is 42.5 Å². The zero-order chi connectivity index (χ0) is 14.8. The Morgan fingerprint density at radius 1 is 1.32 bits per heavy atom. The molecule has 0 saturated carbocycles. The van der Waals surface area contributed by atoms with Crippen LogP contribution < -0.4 is 22.5 Å². The SMILES string of the molecule is C=CCOc1cccc(CNCCCN2CCOCC2)c1.[Cl-]. The lowest BCUT2D eigenvalue weighted by Gasteiger charge is -2.26. The van der Waals surface area contributed by atoms with Crippen molar-refractivity contribution in [3.8, 4) is 5.75 Å². The average molecular weight is 326 g/mol. The summed E-state index contributed by atoms with van der Waals surface area (Å²) < 4.78 is 10.9. The molecule has 0 radical (unpaired) electrons. The number of ether oxygens (including phenoxy) is 2. The van der Waals surface area contributed by atoms with Gasteiger partial charge >= 0.3 is 0 Å². The maximum Gasteiger partial charge on any atom is 0.120 e. The van der Waals surface area contributed by atoms with Gasteiger partial charge in [-0.1, -0.05) is 24.8 Å². The highest BCUT2D eigenvalue weighted by atomic mass is 35.5. The van der Waals surface area contributed by atoms with Gasteiger partial charge in [-0.15, -0.1) is 0 Å². The van der Waals surface area contributed by atoms with Crippen LogP contribution in [0.15, 0.2) is 36.9 Å². The Bertz CT molecular complexity index is 423. The van der Waals surface area contributed by atoms with Gasteiger partial charge in [0.25, 0.3) is 0 Å². The Balaban J connectivity index is 0.00000242. The fourth-order valence-corrected chi connectivity index (χ4v) is 2.39. The number of rotatable bonds is 9. The molecule has 0 amide bonds. The molecule has 1 aromatic carbocycles. The van der Waals surface area contributed by atoms with Crippen LogP contribution in [-0.4, -0.2) is 50.9 Å². The van der Waals surface area contributed by atoms with Crippen molar-refractivity contribution in [2.45, 2.75) is 13.0 Å². The van der Waals surface area contributed by atoms with E-state index in [1.54, 1.807) is 6.08 Å². The molecule has 0 atom stereocenters. The summed E-state index contributed by atoms with van der Waals surface area (Å²) in [5, 5.41) is 3.49. The van der Waals surface area contributed by atoms with Crippen LogP contribution >= 0.6 is 0 Å². The number of halogens is 1. The zero-order valence-electron chi connectivity index (χ0n) is 13.1. The maximum atomic E-state index is 5.54. The summed E-state index contributed by atoms with van der Waals surface area (Å²) >= 11 is 0. The van der Waals surface area contributed by atoms with Crippen molar-refractivity contribution in [2.24, 2.45) is 0 Å². The molecule has 5 heteroatoms. The van der Waals surface area contributed by atoms with Gasteiger partial charge in [0.15, 0.2) is 0 Å². The van der Waals surface area contributed by atoms with E-state index in [0.717, 1.165) is 51.7 Å². The summed E-state index contributed by atoms with van der Waals surface area (Å²) in [6.07, 6.45) is 2.93. The third-order valence-electron chi connectivity index (χ3n) is 3.53. The summed E-state index contributed by atoms with van der Waals surface area (Å²) in [7, 11) is 0. The smallest absolute Gasteiger partial charge is 0.120 e. The second-order valence-electron chi connectivity index (χ2n) is 5.23. The van der Waals surface area contributed by atoms with Crippen molar-refractivity contribution < 1.29 is 21.9 Å². The van der Waals surface area contributed by atoms with E-state index in [1.165, 1.54) is 12.0 Å². The lowest BCUT2D eigenvalue weighted by molar-refractivity contribution is -0.00000632. The molecule has 1 aromatic rings. The minimum atomic E-state index is 0. The van der Waals surface area contributed by atoms with Crippen LogP contribution in [0.25, 0.3) is 0 Å². The van der Waals surface area contributed by atoms with Gasteiger partial charge in [0, 0.05) is 19.6 Å². The fraction of sp³-hybridized carbons (Fsp3) is 0.529. The van der Waals surface area contributed by atoms with E-state index in [9.17, 15) is 0 Å². The van der Waals surface area contributed by atoms with Crippen LogP contribution in [0.2, 0.25) is 0 Å². The number of nitrogens with zero attached hydrogens (tertiary/aromatic N) is 1. The topological polar surface area (TPSA) is 33.7 Å². The number of hydrogen-bond donors (Lipinski definition) is 1. The fourth-order valence-electron chi connectivity index (χ4n) is 2.39. The normalized spacial score (nSPS) is 15.1. The van der Waals surface area contributed by atoms with Crippen LogP contribution in [0, 0.1) is 0 Å². The van der Waals surface area contributed by atoms with Crippen molar-refractivity contribution in [1.82, 2.24) is 10.2 Å². The highest BCUT2D eigenvalue weighted by Crippen LogP contribution is 2.13. The molecule has 0 spiro atoms. The van der Waals surface area contributed by atoms with Gasteiger partial charge < -0.3 is 27.2 Å². The van der Waals surface area contributed by atoms with Crippen LogP contribution in [-0.2, 0) is 11.3 Å². The Kier molecular flexibility index (Phi) is 9.91. The molecule has 22 heavy (non-hydrogen) atoms. The molecule has 1 aliphatic rings. The first-order valence-corrected chi connectivity index (χ1v) is 7.72. The van der Waals surface area contributed by atoms with Crippen molar-refractivity contribution in [3.63, 3.8) is 0 Å². The first-order valence-electron chi connectivity index (χ1n) is 7.72. The molecule has 1 aliphatic heterocycles. The Hall–Kier alpha value is -1.07. The molecule has 0 bridgehead atoms. The molecule has 0 unspecified atom stereocenters. The zero-order valence-corrected chi connectivity index (χ0v) is 13.9. The van der Waals surface area contributed by atoms with E-state index in [4.69, 9.17) is 9.47 Å². The third-order valence-corrected chi connectivity index (χ3v) is 3.53. The molecule has 1 fully saturated rings. The number of morpholine rings is 1. The van der Waals surface area contributed by atoms with E-state index in [0.29, 0.717) is 6.61 Å². The third kappa shape index (κ3) is 7.27. The molecule has 1 saturated heterocycles. The predicted molar refractivity (Wildman–Crippen MR) is 85.7 cm³/mol. The van der Waals surface area contributed by atoms with Crippen molar-refractivity contribution in [1.29, 1.82) is 0 Å². The van der Waals surface area contributed by atoms with E-state index in [1.807, 2.05) is 12.1 Å². The van der Waals surface area contributed by atoms with Crippen LogP contribution in [0.1, 0.15) is 12.0 Å². The lowest BCUT2D eigenvalue weighted by Crippen LogP contribution is -3.00. The Morgan fingerprint density at radius 3 is 2.91 bits per heavy atom. The molecule has 1 heterocycles. The van der Waals surface area contributed by atoms with Gasteiger partial charge in [0.05, 0.1) is 13.2 Å². The highest BCUT2D eigenvalue weighted by molar-refractivity contribution is 5.28. The largest absolute Gasteiger partial charge is 1.00 e. The van der Waals surface area contributed by atoms with Crippen LogP contribution in [0.4, 0.5) is 0 Å². The van der Waals surface area contributed by atoms with Gasteiger partial charge in [-0.25, -0.2) is 0 Å². The van der Waals surface area contributed by atoms with E-state index in [-0.39, 0.29) is 12.4 Å². The molecule has 2 rings (SSSR count). The van der Waals surface area contributed by atoms with E-state index >= 15 is 0 Å². The minimum absolute atomic E-state index is 0. The lowest BCUT2D eigenvalue weighted by atomic mass is 10.2. The van der Waals surface area contributed by atoms with Crippen LogP contribution in [0.3, 0.4) is 0 Å². The first kappa shape index (κ1) is 19.0. The molecule has 0 aliphatic carbocycles. The van der Waals surface area contributed by atoms with Gasteiger partial charge in [-0.2, -0.15) is 0 Å². The maximum absolute atomic E-state index is 5.54. The molecular weight excluding hydrogens is 300 g/mol. The Morgan fingerprint density at radius 2 is 2.14 bits per heavy atom. The highest BCUT2D eigenvalue weighted by Gasteiger charge is 2.08. The van der Waals surface area contributed by atoms with Gasteiger partial charge in [-0.05, 0) is 37.2 Å². The quantitative estimate of drug-likeness (QED) is 0.470. The van der Waals surface area contributed by atoms with Gasteiger partial charge in [0.2, 0.25) is 0 Å².